The van der Waals surface area contributed by atoms with Crippen molar-refractivity contribution in [3.8, 4) is 0 Å². The Balaban J connectivity index is 2.67. The van der Waals surface area contributed by atoms with Gasteiger partial charge in [0.1, 0.15) is 0 Å². The van der Waals surface area contributed by atoms with E-state index in [0.29, 0.717) is 0 Å². The second kappa shape index (κ2) is 3.06. The molecule has 4 heteroatoms. The molecule has 1 rings (SSSR count). The summed E-state index contributed by atoms with van der Waals surface area (Å²) in [6, 6.07) is 0. The van der Waals surface area contributed by atoms with E-state index >= 15 is 0 Å². The molecular weight excluding hydrogens is 148 g/mol. The standard InChI is InChI=1S/C7H14O4/c8-3-7(4-9)2-5(10)1-6(7)11/h5-6,8-11H,1-4H2/t5-,6+/m1/s1. The Morgan fingerprint density at radius 1 is 1.18 bits per heavy atom. The summed E-state index contributed by atoms with van der Waals surface area (Å²) in [4.78, 5) is 0. The first-order valence-corrected chi connectivity index (χ1v) is 3.72. The minimum atomic E-state index is -0.876. The van der Waals surface area contributed by atoms with Gasteiger partial charge < -0.3 is 20.4 Å². The molecule has 0 amide bonds. The van der Waals surface area contributed by atoms with Gasteiger partial charge >= 0.3 is 0 Å². The molecule has 0 spiro atoms. The lowest BCUT2D eigenvalue weighted by Crippen LogP contribution is -2.37. The molecule has 2 atom stereocenters. The Kier molecular flexibility index (Phi) is 2.49. The molecule has 0 aromatic heterocycles. The normalized spacial score (nSPS) is 36.0. The maximum absolute atomic E-state index is 9.33. The van der Waals surface area contributed by atoms with Crippen LogP contribution in [0.25, 0.3) is 0 Å². The zero-order chi connectivity index (χ0) is 8.48. The van der Waals surface area contributed by atoms with E-state index in [4.69, 9.17) is 15.3 Å². The Morgan fingerprint density at radius 2 is 1.73 bits per heavy atom. The van der Waals surface area contributed by atoms with Crippen molar-refractivity contribution in [1.29, 1.82) is 0 Å². The quantitative estimate of drug-likeness (QED) is 0.397. The van der Waals surface area contributed by atoms with Crippen LogP contribution in [0.5, 0.6) is 0 Å². The zero-order valence-electron chi connectivity index (χ0n) is 6.27. The summed E-state index contributed by atoms with van der Waals surface area (Å²) in [6.45, 7) is -0.552. The highest BCUT2D eigenvalue weighted by molar-refractivity contribution is 4.95. The SMILES string of the molecule is OCC1(CO)C[C@H](O)C[C@@H]1O. The maximum atomic E-state index is 9.33. The highest BCUT2D eigenvalue weighted by atomic mass is 16.3. The van der Waals surface area contributed by atoms with Gasteiger partial charge in [-0.25, -0.2) is 0 Å². The lowest BCUT2D eigenvalue weighted by atomic mass is 9.86. The minimum Gasteiger partial charge on any atom is -0.396 e. The first-order valence-electron chi connectivity index (χ1n) is 3.72. The van der Waals surface area contributed by atoms with Crippen LogP contribution in [-0.4, -0.2) is 45.8 Å². The molecule has 11 heavy (non-hydrogen) atoms. The fourth-order valence-electron chi connectivity index (χ4n) is 1.59. The van der Waals surface area contributed by atoms with Gasteiger partial charge in [0.2, 0.25) is 0 Å². The van der Waals surface area contributed by atoms with E-state index in [9.17, 15) is 5.11 Å². The second-order valence-corrected chi connectivity index (χ2v) is 3.29. The van der Waals surface area contributed by atoms with Crippen molar-refractivity contribution in [3.05, 3.63) is 0 Å². The molecule has 0 unspecified atom stereocenters. The van der Waals surface area contributed by atoms with Gasteiger partial charge in [-0.05, 0) is 12.8 Å². The maximum Gasteiger partial charge on any atom is 0.0666 e. The third kappa shape index (κ3) is 1.39. The summed E-state index contributed by atoms with van der Waals surface area (Å²) in [6.07, 6.45) is -0.848. The number of aliphatic hydroxyl groups excluding tert-OH is 4. The lowest BCUT2D eigenvalue weighted by Gasteiger charge is -2.27. The Hall–Kier alpha value is -0.160. The van der Waals surface area contributed by atoms with Crippen LogP contribution >= 0.6 is 0 Å². The monoisotopic (exact) mass is 162 g/mol. The van der Waals surface area contributed by atoms with Gasteiger partial charge in [-0.1, -0.05) is 0 Å². The molecule has 0 saturated heterocycles. The van der Waals surface area contributed by atoms with Crippen molar-refractivity contribution < 1.29 is 20.4 Å². The smallest absolute Gasteiger partial charge is 0.0666 e. The van der Waals surface area contributed by atoms with Gasteiger partial charge in [0, 0.05) is 5.41 Å². The van der Waals surface area contributed by atoms with E-state index in [1.807, 2.05) is 0 Å². The summed E-state index contributed by atoms with van der Waals surface area (Å²) in [5.74, 6) is 0. The molecule has 0 radical (unpaired) electrons. The van der Waals surface area contributed by atoms with Crippen molar-refractivity contribution in [2.24, 2.45) is 5.41 Å². The van der Waals surface area contributed by atoms with Crippen LogP contribution in [0.1, 0.15) is 12.8 Å². The molecule has 66 valence electrons. The number of hydrogen-bond donors (Lipinski definition) is 4. The highest BCUT2D eigenvalue weighted by Gasteiger charge is 2.45. The van der Waals surface area contributed by atoms with Crippen molar-refractivity contribution in [2.75, 3.05) is 13.2 Å². The van der Waals surface area contributed by atoms with Gasteiger partial charge in [0.25, 0.3) is 0 Å². The van der Waals surface area contributed by atoms with Crippen molar-refractivity contribution >= 4 is 0 Å². The van der Waals surface area contributed by atoms with Crippen molar-refractivity contribution in [3.63, 3.8) is 0 Å². The number of aliphatic hydroxyl groups is 4. The van der Waals surface area contributed by atoms with Crippen LogP contribution < -0.4 is 0 Å². The zero-order valence-corrected chi connectivity index (χ0v) is 6.27. The predicted octanol–water partition coefficient (Wildman–Crippen LogP) is -1.53. The van der Waals surface area contributed by atoms with Crippen molar-refractivity contribution in [2.45, 2.75) is 25.0 Å². The van der Waals surface area contributed by atoms with Gasteiger partial charge in [-0.3, -0.25) is 0 Å². The highest BCUT2D eigenvalue weighted by Crippen LogP contribution is 2.37. The molecule has 0 aromatic carbocycles. The first-order chi connectivity index (χ1) is 5.14. The lowest BCUT2D eigenvalue weighted by molar-refractivity contribution is -0.0322. The van der Waals surface area contributed by atoms with E-state index in [1.54, 1.807) is 0 Å². The number of hydrogen-bond acceptors (Lipinski definition) is 4. The van der Waals surface area contributed by atoms with Crippen LogP contribution in [0.3, 0.4) is 0 Å². The van der Waals surface area contributed by atoms with E-state index in [-0.39, 0.29) is 26.1 Å². The van der Waals surface area contributed by atoms with Gasteiger partial charge in [0.15, 0.2) is 0 Å². The molecule has 4 nitrogen and oxygen atoms in total. The minimum absolute atomic E-state index is 0.251. The third-order valence-corrected chi connectivity index (χ3v) is 2.47. The van der Waals surface area contributed by atoms with E-state index in [2.05, 4.69) is 0 Å². The molecule has 0 heterocycles. The summed E-state index contributed by atoms with van der Waals surface area (Å²) >= 11 is 0. The van der Waals surface area contributed by atoms with E-state index in [0.717, 1.165) is 0 Å². The average molecular weight is 162 g/mol. The molecule has 0 aromatic rings. The Labute approximate surface area is 65.1 Å². The van der Waals surface area contributed by atoms with Crippen LogP contribution in [0.4, 0.5) is 0 Å². The molecule has 1 fully saturated rings. The van der Waals surface area contributed by atoms with E-state index < -0.39 is 17.6 Å². The average Bonchev–Trinajstić information content (AvgIpc) is 2.27. The summed E-state index contributed by atoms with van der Waals surface area (Å²) in [5, 5.41) is 36.2. The molecule has 1 aliphatic carbocycles. The summed E-state index contributed by atoms with van der Waals surface area (Å²) < 4.78 is 0. The third-order valence-electron chi connectivity index (χ3n) is 2.47. The molecular formula is C7H14O4. The van der Waals surface area contributed by atoms with E-state index in [1.165, 1.54) is 0 Å². The molecule has 1 aliphatic rings. The summed E-state index contributed by atoms with van der Waals surface area (Å²) in [5.41, 5.74) is -0.876. The first kappa shape index (κ1) is 8.93. The fraction of sp³-hybridized carbons (Fsp3) is 1.00. The Morgan fingerprint density at radius 3 is 1.91 bits per heavy atom. The summed E-state index contributed by atoms with van der Waals surface area (Å²) in [7, 11) is 0. The molecule has 4 N–H and O–H groups in total. The second-order valence-electron chi connectivity index (χ2n) is 3.29. The fourth-order valence-corrected chi connectivity index (χ4v) is 1.59. The van der Waals surface area contributed by atoms with Crippen LogP contribution in [0.2, 0.25) is 0 Å². The van der Waals surface area contributed by atoms with Gasteiger partial charge in [-0.2, -0.15) is 0 Å². The molecule has 1 saturated carbocycles. The van der Waals surface area contributed by atoms with Crippen LogP contribution in [0.15, 0.2) is 0 Å². The molecule has 0 bridgehead atoms. The van der Waals surface area contributed by atoms with Gasteiger partial charge in [-0.15, -0.1) is 0 Å². The predicted molar refractivity (Wildman–Crippen MR) is 37.9 cm³/mol. The largest absolute Gasteiger partial charge is 0.396 e. The van der Waals surface area contributed by atoms with Crippen LogP contribution in [0, 0.1) is 5.41 Å². The van der Waals surface area contributed by atoms with Crippen molar-refractivity contribution in [1.82, 2.24) is 0 Å². The van der Waals surface area contributed by atoms with Crippen LogP contribution in [-0.2, 0) is 0 Å². The number of rotatable bonds is 2. The Bertz CT molecular complexity index is 132. The molecule has 0 aliphatic heterocycles. The van der Waals surface area contributed by atoms with Gasteiger partial charge in [0.05, 0.1) is 25.4 Å². The topological polar surface area (TPSA) is 80.9 Å².